The molecule has 0 aliphatic carbocycles. The van der Waals surface area contributed by atoms with Crippen LogP contribution in [0.25, 0.3) is 0 Å². The Morgan fingerprint density at radius 2 is 1.94 bits per heavy atom. The summed E-state index contributed by atoms with van der Waals surface area (Å²) in [4.78, 5) is 0. The lowest BCUT2D eigenvalue weighted by Gasteiger charge is -2.37. The van der Waals surface area contributed by atoms with E-state index in [1.165, 1.54) is 0 Å². The largest absolute Gasteiger partial charge is 0.325 e. The van der Waals surface area contributed by atoms with Crippen LogP contribution in [0.4, 0.5) is 0 Å². The third-order valence-corrected chi connectivity index (χ3v) is 4.81. The van der Waals surface area contributed by atoms with Gasteiger partial charge in [0.2, 0.25) is 0 Å². The standard InChI is InChI=1S/C12H15Cl2IN2/c13-10-2-1-9(11(14)7-10)8-12(16)3-5-17(15)6-4-12/h1-2,7H,3-6,8,16H2. The molecule has 1 saturated heterocycles. The highest BCUT2D eigenvalue weighted by Crippen LogP contribution is 2.29. The molecule has 1 fully saturated rings. The molecule has 0 spiro atoms. The predicted molar refractivity (Wildman–Crippen MR) is 81.9 cm³/mol. The number of nitrogens with two attached hydrogens (primary N) is 1. The molecule has 17 heavy (non-hydrogen) atoms. The lowest BCUT2D eigenvalue weighted by molar-refractivity contribution is 0.259. The summed E-state index contributed by atoms with van der Waals surface area (Å²) in [7, 11) is 0. The van der Waals surface area contributed by atoms with Crippen LogP contribution >= 0.6 is 46.1 Å². The molecular weight excluding hydrogens is 370 g/mol. The summed E-state index contributed by atoms with van der Waals surface area (Å²) in [6.45, 7) is 2.09. The molecule has 1 heterocycles. The highest BCUT2D eigenvalue weighted by atomic mass is 127. The van der Waals surface area contributed by atoms with Crippen molar-refractivity contribution in [3.8, 4) is 0 Å². The van der Waals surface area contributed by atoms with Crippen LogP contribution in [0.5, 0.6) is 0 Å². The third kappa shape index (κ3) is 3.70. The molecule has 0 radical (unpaired) electrons. The minimum Gasteiger partial charge on any atom is -0.325 e. The highest BCUT2D eigenvalue weighted by Gasteiger charge is 2.30. The van der Waals surface area contributed by atoms with Crippen molar-refractivity contribution in [3.63, 3.8) is 0 Å². The smallest absolute Gasteiger partial charge is 0.0453 e. The zero-order valence-corrected chi connectivity index (χ0v) is 13.1. The molecule has 0 saturated carbocycles. The van der Waals surface area contributed by atoms with Crippen LogP contribution in [-0.4, -0.2) is 21.7 Å². The molecule has 2 rings (SSSR count). The molecule has 1 aromatic carbocycles. The van der Waals surface area contributed by atoms with E-state index >= 15 is 0 Å². The number of benzene rings is 1. The zero-order chi connectivity index (χ0) is 12.5. The average molecular weight is 385 g/mol. The van der Waals surface area contributed by atoms with Crippen LogP contribution in [-0.2, 0) is 6.42 Å². The van der Waals surface area contributed by atoms with Gasteiger partial charge in [0.25, 0.3) is 0 Å². The van der Waals surface area contributed by atoms with E-state index in [1.807, 2.05) is 12.1 Å². The fourth-order valence-corrected chi connectivity index (χ4v) is 3.10. The van der Waals surface area contributed by atoms with E-state index in [-0.39, 0.29) is 5.54 Å². The molecule has 0 amide bonds. The molecule has 94 valence electrons. The van der Waals surface area contributed by atoms with Gasteiger partial charge in [-0.1, -0.05) is 29.3 Å². The van der Waals surface area contributed by atoms with Gasteiger partial charge in [-0.25, -0.2) is 3.11 Å². The molecule has 1 aliphatic heterocycles. The van der Waals surface area contributed by atoms with Gasteiger partial charge in [0, 0.05) is 51.5 Å². The van der Waals surface area contributed by atoms with E-state index in [0.29, 0.717) is 5.02 Å². The maximum atomic E-state index is 6.44. The topological polar surface area (TPSA) is 29.3 Å². The molecule has 0 unspecified atom stereocenters. The van der Waals surface area contributed by atoms with Gasteiger partial charge in [-0.2, -0.15) is 0 Å². The molecule has 0 bridgehead atoms. The Bertz CT molecular complexity index is 403. The second kappa shape index (κ2) is 5.61. The van der Waals surface area contributed by atoms with E-state index in [1.54, 1.807) is 6.07 Å². The van der Waals surface area contributed by atoms with Crippen molar-refractivity contribution in [2.45, 2.75) is 24.8 Å². The molecule has 2 N–H and O–H groups in total. The number of rotatable bonds is 2. The van der Waals surface area contributed by atoms with Gasteiger partial charge in [0.1, 0.15) is 0 Å². The normalized spacial score (nSPS) is 20.5. The van der Waals surface area contributed by atoms with E-state index < -0.39 is 0 Å². The van der Waals surface area contributed by atoms with Crippen LogP contribution in [0.2, 0.25) is 10.0 Å². The predicted octanol–water partition coefficient (Wildman–Crippen LogP) is 3.68. The van der Waals surface area contributed by atoms with Gasteiger partial charge in [-0.05, 0) is 37.0 Å². The van der Waals surface area contributed by atoms with Crippen molar-refractivity contribution in [3.05, 3.63) is 33.8 Å². The summed E-state index contributed by atoms with van der Waals surface area (Å²) >= 11 is 14.4. The Balaban J connectivity index is 2.09. The minimum atomic E-state index is -0.126. The number of piperidine rings is 1. The van der Waals surface area contributed by atoms with Crippen LogP contribution in [0.1, 0.15) is 18.4 Å². The highest BCUT2D eigenvalue weighted by molar-refractivity contribution is 14.1. The lowest BCUT2D eigenvalue weighted by atomic mass is 9.83. The van der Waals surface area contributed by atoms with Crippen molar-refractivity contribution < 1.29 is 0 Å². The molecule has 0 atom stereocenters. The minimum absolute atomic E-state index is 0.126. The molecule has 5 heteroatoms. The van der Waals surface area contributed by atoms with Crippen LogP contribution in [0.3, 0.4) is 0 Å². The Hall–Kier alpha value is 0.450. The maximum absolute atomic E-state index is 6.44. The van der Waals surface area contributed by atoms with Gasteiger partial charge >= 0.3 is 0 Å². The van der Waals surface area contributed by atoms with E-state index in [0.717, 1.165) is 42.9 Å². The summed E-state index contributed by atoms with van der Waals surface area (Å²) in [5.41, 5.74) is 7.41. The summed E-state index contributed by atoms with van der Waals surface area (Å²) in [6.07, 6.45) is 2.84. The van der Waals surface area contributed by atoms with Gasteiger partial charge < -0.3 is 5.73 Å². The lowest BCUT2D eigenvalue weighted by Crippen LogP contribution is -2.49. The summed E-state index contributed by atoms with van der Waals surface area (Å²) in [6, 6.07) is 5.64. The van der Waals surface area contributed by atoms with Crippen molar-refractivity contribution in [2.24, 2.45) is 5.73 Å². The van der Waals surface area contributed by atoms with Gasteiger partial charge in [0.05, 0.1) is 0 Å². The monoisotopic (exact) mass is 384 g/mol. The van der Waals surface area contributed by atoms with Crippen molar-refractivity contribution in [1.82, 2.24) is 3.11 Å². The van der Waals surface area contributed by atoms with Gasteiger partial charge in [-0.3, -0.25) is 0 Å². The summed E-state index contributed by atoms with van der Waals surface area (Å²) in [5, 5.41) is 1.39. The first-order chi connectivity index (χ1) is 7.98. The first-order valence-corrected chi connectivity index (χ1v) is 7.34. The van der Waals surface area contributed by atoms with Crippen LogP contribution in [0.15, 0.2) is 18.2 Å². The molecule has 1 aliphatic rings. The number of halogens is 3. The molecule has 0 aromatic heterocycles. The molecule has 2 nitrogen and oxygen atoms in total. The first-order valence-electron chi connectivity index (χ1n) is 5.62. The van der Waals surface area contributed by atoms with Crippen molar-refractivity contribution >= 4 is 46.1 Å². The zero-order valence-electron chi connectivity index (χ0n) is 9.43. The van der Waals surface area contributed by atoms with Crippen LogP contribution in [0, 0.1) is 0 Å². The summed E-state index contributed by atoms with van der Waals surface area (Å²) < 4.78 is 2.28. The van der Waals surface area contributed by atoms with Gasteiger partial charge in [-0.15, -0.1) is 0 Å². The Morgan fingerprint density at radius 3 is 2.53 bits per heavy atom. The second-order valence-electron chi connectivity index (χ2n) is 4.68. The van der Waals surface area contributed by atoms with E-state index in [4.69, 9.17) is 28.9 Å². The van der Waals surface area contributed by atoms with E-state index in [2.05, 4.69) is 26.0 Å². The number of nitrogens with zero attached hydrogens (tertiary/aromatic N) is 1. The second-order valence-corrected chi connectivity index (χ2v) is 6.89. The quantitative estimate of drug-likeness (QED) is 0.622. The average Bonchev–Trinajstić information content (AvgIpc) is 2.27. The Labute approximate surface area is 126 Å². The van der Waals surface area contributed by atoms with Crippen molar-refractivity contribution in [2.75, 3.05) is 13.1 Å². The Morgan fingerprint density at radius 1 is 1.29 bits per heavy atom. The molecule has 1 aromatic rings. The van der Waals surface area contributed by atoms with Gasteiger partial charge in [0.15, 0.2) is 0 Å². The van der Waals surface area contributed by atoms with Crippen molar-refractivity contribution in [1.29, 1.82) is 0 Å². The third-order valence-electron chi connectivity index (χ3n) is 3.26. The first kappa shape index (κ1) is 13.9. The fourth-order valence-electron chi connectivity index (χ4n) is 2.15. The van der Waals surface area contributed by atoms with E-state index in [9.17, 15) is 0 Å². The SMILES string of the molecule is NC1(Cc2ccc(Cl)cc2Cl)CCN(I)CC1. The summed E-state index contributed by atoms with van der Waals surface area (Å²) in [5.74, 6) is 0. The number of hydrogen-bond donors (Lipinski definition) is 1. The van der Waals surface area contributed by atoms with Crippen LogP contribution < -0.4 is 5.73 Å². The maximum Gasteiger partial charge on any atom is 0.0453 e. The number of hydrogen-bond acceptors (Lipinski definition) is 2. The fraction of sp³-hybridized carbons (Fsp3) is 0.500. The Kier molecular flexibility index (Phi) is 4.58. The molecular formula is C12H15Cl2IN2.